The molecule has 2 rings (SSSR count). The average Bonchev–Trinajstić information content (AvgIpc) is 2.85. The SMILES string of the molecule is Cc1cnc(CNS(=O)(=O)c2cc(CO)cc(F)c2F)o1. The van der Waals surface area contributed by atoms with Gasteiger partial charge in [0.15, 0.2) is 11.6 Å². The van der Waals surface area contributed by atoms with Crippen LogP contribution < -0.4 is 4.72 Å². The maximum Gasteiger partial charge on any atom is 0.244 e. The summed E-state index contributed by atoms with van der Waals surface area (Å²) in [5.74, 6) is -2.28. The first-order valence-electron chi connectivity index (χ1n) is 5.83. The number of benzene rings is 1. The van der Waals surface area contributed by atoms with Crippen LogP contribution in [0.15, 0.2) is 27.6 Å². The van der Waals surface area contributed by atoms with Crippen LogP contribution in [0.4, 0.5) is 8.78 Å². The third kappa shape index (κ3) is 3.43. The van der Waals surface area contributed by atoms with Crippen molar-refractivity contribution in [3.05, 3.63) is 47.2 Å². The predicted octanol–water partition coefficient (Wildman–Crippen LogP) is 1.23. The van der Waals surface area contributed by atoms with Gasteiger partial charge in [0.1, 0.15) is 10.7 Å². The number of oxazole rings is 1. The van der Waals surface area contributed by atoms with Gasteiger partial charge in [-0.3, -0.25) is 0 Å². The van der Waals surface area contributed by atoms with Gasteiger partial charge in [0.05, 0.1) is 19.3 Å². The Labute approximate surface area is 119 Å². The van der Waals surface area contributed by atoms with Crippen LogP contribution in [0.3, 0.4) is 0 Å². The lowest BCUT2D eigenvalue weighted by Crippen LogP contribution is -2.25. The Morgan fingerprint density at radius 2 is 2.10 bits per heavy atom. The van der Waals surface area contributed by atoms with Crippen LogP contribution in [0.5, 0.6) is 0 Å². The third-order valence-electron chi connectivity index (χ3n) is 2.61. The maximum atomic E-state index is 13.6. The molecule has 6 nitrogen and oxygen atoms in total. The van der Waals surface area contributed by atoms with Crippen molar-refractivity contribution in [2.45, 2.75) is 25.0 Å². The van der Waals surface area contributed by atoms with Crippen molar-refractivity contribution >= 4 is 10.0 Å². The number of aliphatic hydroxyl groups is 1. The van der Waals surface area contributed by atoms with Crippen LogP contribution in [-0.4, -0.2) is 18.5 Å². The van der Waals surface area contributed by atoms with Crippen LogP contribution >= 0.6 is 0 Å². The molecule has 0 spiro atoms. The number of halogens is 2. The molecule has 0 saturated heterocycles. The van der Waals surface area contributed by atoms with E-state index in [2.05, 4.69) is 9.71 Å². The fourth-order valence-electron chi connectivity index (χ4n) is 1.62. The molecule has 0 atom stereocenters. The van der Waals surface area contributed by atoms with Crippen LogP contribution in [0, 0.1) is 18.6 Å². The highest BCUT2D eigenvalue weighted by Crippen LogP contribution is 2.20. The summed E-state index contributed by atoms with van der Waals surface area (Å²) in [6.45, 7) is 0.712. The van der Waals surface area contributed by atoms with Gasteiger partial charge in [0.2, 0.25) is 15.9 Å². The molecule has 0 aliphatic rings. The molecule has 0 amide bonds. The molecule has 0 radical (unpaired) electrons. The lowest BCUT2D eigenvalue weighted by molar-refractivity contribution is 0.280. The second kappa shape index (κ2) is 5.88. The van der Waals surface area contributed by atoms with E-state index in [0.717, 1.165) is 12.1 Å². The van der Waals surface area contributed by atoms with Gasteiger partial charge in [0, 0.05) is 0 Å². The number of nitrogens with one attached hydrogen (secondary N) is 1. The number of nitrogens with zero attached hydrogens (tertiary/aromatic N) is 1. The highest BCUT2D eigenvalue weighted by atomic mass is 32.2. The Bertz CT molecular complexity index is 759. The molecule has 1 aromatic carbocycles. The van der Waals surface area contributed by atoms with Crippen LogP contribution in [-0.2, 0) is 23.2 Å². The quantitative estimate of drug-likeness (QED) is 0.865. The molecular formula is C12H12F2N2O4S. The fourth-order valence-corrected chi connectivity index (χ4v) is 2.73. The van der Waals surface area contributed by atoms with E-state index < -0.39 is 33.2 Å². The number of sulfonamides is 1. The predicted molar refractivity (Wildman–Crippen MR) is 67.5 cm³/mol. The summed E-state index contributed by atoms with van der Waals surface area (Å²) in [5.41, 5.74) is -0.0544. The van der Waals surface area contributed by atoms with E-state index in [-0.39, 0.29) is 18.0 Å². The van der Waals surface area contributed by atoms with Gasteiger partial charge in [-0.2, -0.15) is 0 Å². The van der Waals surface area contributed by atoms with Crippen LogP contribution in [0.25, 0.3) is 0 Å². The van der Waals surface area contributed by atoms with Crippen molar-refractivity contribution in [3.63, 3.8) is 0 Å². The van der Waals surface area contributed by atoms with Gasteiger partial charge in [0.25, 0.3) is 0 Å². The molecule has 0 aliphatic heterocycles. The molecule has 2 N–H and O–H groups in total. The Morgan fingerprint density at radius 3 is 2.67 bits per heavy atom. The zero-order valence-corrected chi connectivity index (χ0v) is 11.7. The lowest BCUT2D eigenvalue weighted by atomic mass is 10.2. The molecule has 114 valence electrons. The number of aryl methyl sites for hydroxylation is 1. The standard InChI is InChI=1S/C12H12F2N2O4S/c1-7-4-15-11(20-7)5-16-21(18,19)10-3-8(6-17)2-9(13)12(10)14/h2-4,16-17H,5-6H2,1H3. The molecule has 0 unspecified atom stereocenters. The fraction of sp³-hybridized carbons (Fsp3) is 0.250. The zero-order valence-electron chi connectivity index (χ0n) is 10.9. The molecule has 0 bridgehead atoms. The number of rotatable bonds is 5. The number of aromatic nitrogens is 1. The monoisotopic (exact) mass is 318 g/mol. The first-order valence-corrected chi connectivity index (χ1v) is 7.31. The van der Waals surface area contributed by atoms with E-state index in [4.69, 9.17) is 9.52 Å². The summed E-state index contributed by atoms with van der Waals surface area (Å²) in [4.78, 5) is 2.90. The maximum absolute atomic E-state index is 13.6. The average molecular weight is 318 g/mol. The first-order chi connectivity index (χ1) is 9.83. The van der Waals surface area contributed by atoms with Gasteiger partial charge in [-0.15, -0.1) is 0 Å². The van der Waals surface area contributed by atoms with Crippen LogP contribution in [0.2, 0.25) is 0 Å². The highest BCUT2D eigenvalue weighted by molar-refractivity contribution is 7.89. The molecule has 2 aromatic rings. The normalized spacial score (nSPS) is 11.8. The van der Waals surface area contributed by atoms with Gasteiger partial charge >= 0.3 is 0 Å². The van der Waals surface area contributed by atoms with E-state index in [1.165, 1.54) is 6.20 Å². The largest absolute Gasteiger partial charge is 0.445 e. The first kappa shape index (κ1) is 15.5. The van der Waals surface area contributed by atoms with Gasteiger partial charge < -0.3 is 9.52 Å². The Morgan fingerprint density at radius 1 is 1.38 bits per heavy atom. The number of aliphatic hydroxyl groups excluding tert-OH is 1. The Kier molecular flexibility index (Phi) is 4.35. The van der Waals surface area contributed by atoms with Crippen molar-refractivity contribution in [2.24, 2.45) is 0 Å². The summed E-state index contributed by atoms with van der Waals surface area (Å²) in [5, 5.41) is 8.92. The summed E-state index contributed by atoms with van der Waals surface area (Å²) in [7, 11) is -4.31. The second-order valence-electron chi connectivity index (χ2n) is 4.24. The van der Waals surface area contributed by atoms with E-state index >= 15 is 0 Å². The number of hydrogen-bond donors (Lipinski definition) is 2. The van der Waals surface area contributed by atoms with Crippen molar-refractivity contribution in [3.8, 4) is 0 Å². The molecular weight excluding hydrogens is 306 g/mol. The topological polar surface area (TPSA) is 92.4 Å². The van der Waals surface area contributed by atoms with Crippen LogP contribution in [0.1, 0.15) is 17.2 Å². The molecule has 21 heavy (non-hydrogen) atoms. The summed E-state index contributed by atoms with van der Waals surface area (Å²) in [6.07, 6.45) is 1.40. The van der Waals surface area contributed by atoms with E-state index in [1.807, 2.05) is 0 Å². The van der Waals surface area contributed by atoms with Gasteiger partial charge in [-0.05, 0) is 24.6 Å². The number of hydrogen-bond acceptors (Lipinski definition) is 5. The minimum Gasteiger partial charge on any atom is -0.445 e. The third-order valence-corrected chi connectivity index (χ3v) is 4.01. The molecule has 1 aromatic heterocycles. The molecule has 1 heterocycles. The van der Waals surface area contributed by atoms with E-state index in [9.17, 15) is 17.2 Å². The van der Waals surface area contributed by atoms with Gasteiger partial charge in [-0.1, -0.05) is 0 Å². The van der Waals surface area contributed by atoms with Crippen molar-refractivity contribution < 1.29 is 26.7 Å². The molecule has 0 fully saturated rings. The molecule has 0 aliphatic carbocycles. The Hall–Kier alpha value is -1.84. The summed E-state index contributed by atoms with van der Waals surface area (Å²) < 4.78 is 58.0. The highest BCUT2D eigenvalue weighted by Gasteiger charge is 2.23. The van der Waals surface area contributed by atoms with E-state index in [0.29, 0.717) is 5.76 Å². The van der Waals surface area contributed by atoms with Crippen molar-refractivity contribution in [1.29, 1.82) is 0 Å². The molecule has 0 saturated carbocycles. The van der Waals surface area contributed by atoms with Crippen molar-refractivity contribution in [1.82, 2.24) is 9.71 Å². The summed E-state index contributed by atoms with van der Waals surface area (Å²) in [6, 6.07) is 1.59. The zero-order chi connectivity index (χ0) is 15.6. The van der Waals surface area contributed by atoms with Crippen molar-refractivity contribution in [2.75, 3.05) is 0 Å². The summed E-state index contributed by atoms with van der Waals surface area (Å²) >= 11 is 0. The second-order valence-corrected chi connectivity index (χ2v) is 5.97. The van der Waals surface area contributed by atoms with Gasteiger partial charge in [-0.25, -0.2) is 26.9 Å². The van der Waals surface area contributed by atoms with E-state index in [1.54, 1.807) is 6.92 Å². The smallest absolute Gasteiger partial charge is 0.244 e. The Balaban J connectivity index is 2.29. The minimum atomic E-state index is -4.31. The lowest BCUT2D eigenvalue weighted by Gasteiger charge is -2.08. The minimum absolute atomic E-state index is 0.0544. The molecule has 9 heteroatoms.